The summed E-state index contributed by atoms with van der Waals surface area (Å²) >= 11 is 0. The van der Waals surface area contributed by atoms with Gasteiger partial charge in [-0.15, -0.1) is 0 Å². The average Bonchev–Trinajstić information content (AvgIpc) is 2.39. The molecule has 2 saturated heterocycles. The second kappa shape index (κ2) is 5.12. The number of benzene rings is 1. The van der Waals surface area contributed by atoms with Crippen LogP contribution in [0.1, 0.15) is 11.1 Å². The lowest BCUT2D eigenvalue weighted by Gasteiger charge is -2.48. The summed E-state index contributed by atoms with van der Waals surface area (Å²) in [5.74, 6) is 0.933. The molecule has 19 heavy (non-hydrogen) atoms. The van der Waals surface area contributed by atoms with Gasteiger partial charge in [-0.05, 0) is 13.0 Å². The van der Waals surface area contributed by atoms with E-state index < -0.39 is 0 Å². The van der Waals surface area contributed by atoms with E-state index in [2.05, 4.69) is 24.4 Å². The van der Waals surface area contributed by atoms with Crippen molar-refractivity contribution in [2.24, 2.45) is 0 Å². The molecular weight excluding hydrogens is 242 g/mol. The molecule has 3 rings (SSSR count). The van der Waals surface area contributed by atoms with Gasteiger partial charge in [0.2, 0.25) is 0 Å². The van der Waals surface area contributed by atoms with E-state index in [0.717, 1.165) is 25.4 Å². The monoisotopic (exact) mass is 263 g/mol. The molecule has 1 N–H and O–H groups in total. The van der Waals surface area contributed by atoms with Crippen LogP contribution in [0, 0.1) is 6.92 Å². The molecule has 2 aliphatic heterocycles. The largest absolute Gasteiger partial charge is 0.496 e. The van der Waals surface area contributed by atoms with Crippen LogP contribution in [0.25, 0.3) is 0 Å². The second-order valence-corrected chi connectivity index (χ2v) is 5.42. The van der Waals surface area contributed by atoms with Crippen LogP contribution < -0.4 is 10.1 Å². The highest BCUT2D eigenvalue weighted by Crippen LogP contribution is 2.42. The maximum Gasteiger partial charge on any atom is 0.122 e. The topological polar surface area (TPSA) is 39.7 Å². The van der Waals surface area contributed by atoms with Gasteiger partial charge in [0.15, 0.2) is 0 Å². The van der Waals surface area contributed by atoms with Crippen molar-refractivity contribution in [3.63, 3.8) is 0 Å². The number of methoxy groups -OCH3 is 1. The number of nitrogens with one attached hydrogen (secondary N) is 1. The predicted octanol–water partition coefficient (Wildman–Crippen LogP) is 1.26. The number of aryl methyl sites for hydroxylation is 1. The third-order valence-electron chi connectivity index (χ3n) is 4.15. The molecule has 2 fully saturated rings. The van der Waals surface area contributed by atoms with Gasteiger partial charge in [0.05, 0.1) is 38.4 Å². The summed E-state index contributed by atoms with van der Waals surface area (Å²) in [6.45, 7) is 6.09. The van der Waals surface area contributed by atoms with Crippen molar-refractivity contribution in [2.45, 2.75) is 18.4 Å². The van der Waals surface area contributed by atoms with E-state index in [9.17, 15) is 0 Å². The van der Waals surface area contributed by atoms with E-state index in [0.29, 0.717) is 13.2 Å². The molecule has 0 radical (unpaired) electrons. The van der Waals surface area contributed by atoms with Crippen LogP contribution in [0.5, 0.6) is 5.75 Å². The summed E-state index contributed by atoms with van der Waals surface area (Å²) < 4.78 is 17.0. The van der Waals surface area contributed by atoms with Gasteiger partial charge in [0.25, 0.3) is 0 Å². The highest BCUT2D eigenvalue weighted by molar-refractivity contribution is 5.45. The zero-order valence-electron chi connectivity index (χ0n) is 11.6. The molecule has 1 atom stereocenters. The Kier molecular flexibility index (Phi) is 3.48. The van der Waals surface area contributed by atoms with Gasteiger partial charge in [-0.3, -0.25) is 0 Å². The van der Waals surface area contributed by atoms with Crippen LogP contribution in [0.3, 0.4) is 0 Å². The average molecular weight is 263 g/mol. The molecule has 104 valence electrons. The van der Waals surface area contributed by atoms with E-state index in [1.165, 1.54) is 11.1 Å². The van der Waals surface area contributed by atoms with Crippen molar-refractivity contribution in [3.8, 4) is 5.75 Å². The minimum Gasteiger partial charge on any atom is -0.496 e. The van der Waals surface area contributed by atoms with Crippen LogP contribution in [0.4, 0.5) is 0 Å². The lowest BCUT2D eigenvalue weighted by atomic mass is 9.72. The molecule has 0 spiro atoms. The quantitative estimate of drug-likeness (QED) is 0.891. The molecule has 0 amide bonds. The van der Waals surface area contributed by atoms with Crippen molar-refractivity contribution in [1.29, 1.82) is 0 Å². The standard InChI is InChI=1S/C15H21NO3/c1-11-3-4-13(17-2)12(7-11)15(9-18-10-15)14-8-16-5-6-19-14/h3-4,7,14,16H,5-6,8-10H2,1-2H3. The lowest BCUT2D eigenvalue weighted by Crippen LogP contribution is -2.61. The molecule has 0 saturated carbocycles. The van der Waals surface area contributed by atoms with Crippen LogP contribution in [-0.2, 0) is 14.9 Å². The van der Waals surface area contributed by atoms with E-state index in [4.69, 9.17) is 14.2 Å². The molecule has 0 bridgehead atoms. The van der Waals surface area contributed by atoms with Crippen molar-refractivity contribution >= 4 is 0 Å². The first-order valence-electron chi connectivity index (χ1n) is 6.81. The van der Waals surface area contributed by atoms with Crippen LogP contribution in [0.2, 0.25) is 0 Å². The highest BCUT2D eigenvalue weighted by atomic mass is 16.5. The molecule has 4 nitrogen and oxygen atoms in total. The Morgan fingerprint density at radius 3 is 2.79 bits per heavy atom. The normalized spacial score (nSPS) is 25.7. The Bertz CT molecular complexity index is 451. The zero-order valence-corrected chi connectivity index (χ0v) is 11.6. The van der Waals surface area contributed by atoms with Gasteiger partial charge >= 0.3 is 0 Å². The third-order valence-corrected chi connectivity index (χ3v) is 4.15. The smallest absolute Gasteiger partial charge is 0.122 e. The molecule has 2 aliphatic rings. The Morgan fingerprint density at radius 2 is 2.21 bits per heavy atom. The van der Waals surface area contributed by atoms with E-state index in [-0.39, 0.29) is 11.5 Å². The fraction of sp³-hybridized carbons (Fsp3) is 0.600. The molecule has 4 heteroatoms. The lowest BCUT2D eigenvalue weighted by molar-refractivity contribution is -0.146. The number of hydrogen-bond donors (Lipinski definition) is 1. The maximum absolute atomic E-state index is 5.98. The summed E-state index contributed by atoms with van der Waals surface area (Å²) in [5, 5.41) is 3.41. The van der Waals surface area contributed by atoms with Crippen LogP contribution in [-0.4, -0.2) is 46.1 Å². The van der Waals surface area contributed by atoms with Gasteiger partial charge in [-0.2, -0.15) is 0 Å². The number of rotatable bonds is 3. The SMILES string of the molecule is COc1ccc(C)cc1C1(C2CNCCO2)COC1. The summed E-state index contributed by atoms with van der Waals surface area (Å²) in [7, 11) is 1.72. The number of morpholine rings is 1. The fourth-order valence-corrected chi connectivity index (χ4v) is 2.97. The minimum absolute atomic E-state index is 0.0647. The van der Waals surface area contributed by atoms with E-state index in [1.54, 1.807) is 7.11 Å². The first kappa shape index (κ1) is 12.9. The number of hydrogen-bond acceptors (Lipinski definition) is 4. The Hall–Kier alpha value is -1.10. The van der Waals surface area contributed by atoms with Crippen LogP contribution in [0.15, 0.2) is 18.2 Å². The molecule has 1 unspecified atom stereocenters. The summed E-state index contributed by atoms with van der Waals surface area (Å²) in [6, 6.07) is 6.33. The fourth-order valence-electron chi connectivity index (χ4n) is 2.97. The summed E-state index contributed by atoms with van der Waals surface area (Å²) in [4.78, 5) is 0. The van der Waals surface area contributed by atoms with Gasteiger partial charge in [-0.25, -0.2) is 0 Å². The van der Waals surface area contributed by atoms with Gasteiger partial charge in [0, 0.05) is 18.7 Å². The molecule has 0 aliphatic carbocycles. The molecular formula is C15H21NO3. The summed E-state index contributed by atoms with van der Waals surface area (Å²) in [6.07, 6.45) is 0.158. The Labute approximate surface area is 114 Å². The number of ether oxygens (including phenoxy) is 3. The van der Waals surface area contributed by atoms with Crippen molar-refractivity contribution in [3.05, 3.63) is 29.3 Å². The van der Waals surface area contributed by atoms with Crippen molar-refractivity contribution in [2.75, 3.05) is 40.0 Å². The van der Waals surface area contributed by atoms with Gasteiger partial charge < -0.3 is 19.5 Å². The van der Waals surface area contributed by atoms with E-state index in [1.807, 2.05) is 6.07 Å². The predicted molar refractivity (Wildman–Crippen MR) is 72.8 cm³/mol. The Balaban J connectivity index is 1.99. The molecule has 2 heterocycles. The van der Waals surface area contributed by atoms with Crippen LogP contribution >= 0.6 is 0 Å². The maximum atomic E-state index is 5.98. The third kappa shape index (κ3) is 2.14. The highest BCUT2D eigenvalue weighted by Gasteiger charge is 2.50. The first-order valence-corrected chi connectivity index (χ1v) is 6.81. The molecule has 1 aromatic carbocycles. The van der Waals surface area contributed by atoms with Gasteiger partial charge in [-0.1, -0.05) is 17.7 Å². The Morgan fingerprint density at radius 1 is 1.37 bits per heavy atom. The second-order valence-electron chi connectivity index (χ2n) is 5.42. The molecule has 0 aromatic heterocycles. The summed E-state index contributed by atoms with van der Waals surface area (Å²) in [5.41, 5.74) is 2.39. The van der Waals surface area contributed by atoms with Crippen molar-refractivity contribution < 1.29 is 14.2 Å². The zero-order chi connectivity index (χ0) is 13.3. The van der Waals surface area contributed by atoms with Gasteiger partial charge in [0.1, 0.15) is 5.75 Å². The van der Waals surface area contributed by atoms with E-state index >= 15 is 0 Å². The van der Waals surface area contributed by atoms with Crippen molar-refractivity contribution in [1.82, 2.24) is 5.32 Å². The minimum atomic E-state index is -0.0647. The first-order chi connectivity index (χ1) is 9.26. The molecule has 1 aromatic rings.